The molecule has 6 heteroatoms. The van der Waals surface area contributed by atoms with Crippen LogP contribution in [0.25, 0.3) is 11.4 Å². The number of hydrogen-bond acceptors (Lipinski definition) is 3. The molecule has 1 aliphatic heterocycles. The zero-order valence-electron chi connectivity index (χ0n) is 16.1. The summed E-state index contributed by atoms with van der Waals surface area (Å²) >= 11 is 6.13. The molecule has 0 N–H and O–H groups in total. The Morgan fingerprint density at radius 1 is 1.22 bits per heavy atom. The number of carbonyl (C=O) groups is 1. The molecule has 1 saturated heterocycles. The third-order valence-electron chi connectivity index (χ3n) is 5.02. The maximum atomic E-state index is 12.9. The van der Waals surface area contributed by atoms with Crippen LogP contribution in [0.15, 0.2) is 35.1 Å². The second-order valence-electron chi connectivity index (χ2n) is 7.60. The number of likely N-dealkylation sites (tertiary alicyclic amines) is 1. The van der Waals surface area contributed by atoms with Crippen LogP contribution in [0.5, 0.6) is 0 Å². The van der Waals surface area contributed by atoms with Gasteiger partial charge in [-0.15, -0.1) is 0 Å². The molecule has 1 aromatic heterocycles. The van der Waals surface area contributed by atoms with Gasteiger partial charge in [0, 0.05) is 35.4 Å². The summed E-state index contributed by atoms with van der Waals surface area (Å²) in [5.74, 6) is 1.41. The lowest BCUT2D eigenvalue weighted by molar-refractivity contribution is -0.134. The first-order valence-electron chi connectivity index (χ1n) is 9.51. The first-order valence-corrected chi connectivity index (χ1v) is 9.89. The molecule has 2 atom stereocenters. The standard InChI is InChI=1S/C21H26ClN3O2/c1-4-18-10-19(26)25(21(23-18)16-6-5-7-17(22)9-16)13-20(27)24-11-14(2)8-15(3)12-24/h5-7,9-10,14-15H,4,8,11-13H2,1-3H3/t14-,15-/m1/s1. The molecule has 2 aromatic rings. The number of carbonyl (C=O) groups excluding carboxylic acids is 1. The first kappa shape index (κ1) is 19.6. The summed E-state index contributed by atoms with van der Waals surface area (Å²) in [6.07, 6.45) is 1.78. The molecular weight excluding hydrogens is 362 g/mol. The van der Waals surface area contributed by atoms with E-state index in [4.69, 9.17) is 11.6 Å². The third-order valence-corrected chi connectivity index (χ3v) is 5.26. The van der Waals surface area contributed by atoms with Crippen molar-refractivity contribution in [1.82, 2.24) is 14.5 Å². The summed E-state index contributed by atoms with van der Waals surface area (Å²) in [5, 5.41) is 0.570. The van der Waals surface area contributed by atoms with Gasteiger partial charge in [0.05, 0.1) is 0 Å². The van der Waals surface area contributed by atoms with E-state index in [1.54, 1.807) is 12.1 Å². The van der Waals surface area contributed by atoms with Gasteiger partial charge in [0.15, 0.2) is 0 Å². The lowest BCUT2D eigenvalue weighted by Crippen LogP contribution is -2.45. The minimum absolute atomic E-state index is 0.00286. The topological polar surface area (TPSA) is 55.2 Å². The highest BCUT2D eigenvalue weighted by Gasteiger charge is 2.26. The summed E-state index contributed by atoms with van der Waals surface area (Å²) in [6.45, 7) is 7.76. The summed E-state index contributed by atoms with van der Waals surface area (Å²) in [6, 6.07) is 8.75. The van der Waals surface area contributed by atoms with Crippen molar-refractivity contribution in [2.24, 2.45) is 11.8 Å². The highest BCUT2D eigenvalue weighted by atomic mass is 35.5. The number of nitrogens with zero attached hydrogens (tertiary/aromatic N) is 3. The number of aryl methyl sites for hydroxylation is 1. The average molecular weight is 388 g/mol. The van der Waals surface area contributed by atoms with Crippen molar-refractivity contribution in [2.75, 3.05) is 13.1 Å². The maximum Gasteiger partial charge on any atom is 0.254 e. The summed E-state index contributed by atoms with van der Waals surface area (Å²) in [7, 11) is 0. The van der Waals surface area contributed by atoms with Crippen LogP contribution in [0.4, 0.5) is 0 Å². The van der Waals surface area contributed by atoms with Crippen molar-refractivity contribution in [1.29, 1.82) is 0 Å². The van der Waals surface area contributed by atoms with E-state index in [1.165, 1.54) is 10.6 Å². The zero-order chi connectivity index (χ0) is 19.6. The van der Waals surface area contributed by atoms with Gasteiger partial charge in [-0.2, -0.15) is 0 Å². The van der Waals surface area contributed by atoms with Gasteiger partial charge in [0.25, 0.3) is 5.56 Å². The molecule has 0 aliphatic carbocycles. The minimum atomic E-state index is -0.205. The number of halogens is 1. The second-order valence-corrected chi connectivity index (χ2v) is 8.04. The smallest absolute Gasteiger partial charge is 0.254 e. The molecule has 1 fully saturated rings. The van der Waals surface area contributed by atoms with Crippen molar-refractivity contribution in [3.63, 3.8) is 0 Å². The average Bonchev–Trinajstić information content (AvgIpc) is 2.62. The van der Waals surface area contributed by atoms with Crippen LogP contribution in [-0.2, 0) is 17.8 Å². The van der Waals surface area contributed by atoms with Gasteiger partial charge in [0.1, 0.15) is 12.4 Å². The van der Waals surface area contributed by atoms with Crippen LogP contribution in [0.3, 0.4) is 0 Å². The highest BCUT2D eigenvalue weighted by Crippen LogP contribution is 2.23. The number of aromatic nitrogens is 2. The fourth-order valence-electron chi connectivity index (χ4n) is 3.84. The van der Waals surface area contributed by atoms with E-state index < -0.39 is 0 Å². The third kappa shape index (κ3) is 4.59. The zero-order valence-corrected chi connectivity index (χ0v) is 16.9. The van der Waals surface area contributed by atoms with Gasteiger partial charge in [-0.3, -0.25) is 14.2 Å². The number of rotatable bonds is 4. The summed E-state index contributed by atoms with van der Waals surface area (Å²) in [4.78, 5) is 32.2. The van der Waals surface area contributed by atoms with Crippen molar-refractivity contribution < 1.29 is 4.79 Å². The van der Waals surface area contributed by atoms with E-state index in [0.717, 1.165) is 25.1 Å². The van der Waals surface area contributed by atoms with E-state index in [9.17, 15) is 9.59 Å². The molecule has 3 rings (SSSR count). The Morgan fingerprint density at radius 2 is 1.93 bits per heavy atom. The molecule has 0 radical (unpaired) electrons. The number of hydrogen-bond donors (Lipinski definition) is 0. The van der Waals surface area contributed by atoms with Crippen LogP contribution >= 0.6 is 11.6 Å². The van der Waals surface area contributed by atoms with Crippen molar-refractivity contribution in [3.05, 3.63) is 51.4 Å². The SMILES string of the molecule is CCc1cc(=O)n(CC(=O)N2C[C@H](C)C[C@@H](C)C2)c(-c2cccc(Cl)c2)n1. The molecule has 1 aromatic carbocycles. The molecule has 27 heavy (non-hydrogen) atoms. The molecule has 2 heterocycles. The van der Waals surface area contributed by atoms with Gasteiger partial charge < -0.3 is 4.90 Å². The molecule has 0 spiro atoms. The number of piperidine rings is 1. The van der Waals surface area contributed by atoms with Crippen LogP contribution in [0.2, 0.25) is 5.02 Å². The predicted octanol–water partition coefficient (Wildman–Crippen LogP) is 3.63. The highest BCUT2D eigenvalue weighted by molar-refractivity contribution is 6.30. The first-order chi connectivity index (χ1) is 12.9. The molecule has 5 nitrogen and oxygen atoms in total. The predicted molar refractivity (Wildman–Crippen MR) is 108 cm³/mol. The quantitative estimate of drug-likeness (QED) is 0.804. The Balaban J connectivity index is 1.97. The second kappa shape index (κ2) is 8.26. The van der Waals surface area contributed by atoms with Crippen LogP contribution in [0.1, 0.15) is 32.9 Å². The Morgan fingerprint density at radius 3 is 2.56 bits per heavy atom. The van der Waals surface area contributed by atoms with E-state index in [2.05, 4.69) is 18.8 Å². The normalized spacial score (nSPS) is 19.9. The van der Waals surface area contributed by atoms with Crippen LogP contribution in [0, 0.1) is 11.8 Å². The maximum absolute atomic E-state index is 12.9. The van der Waals surface area contributed by atoms with Crippen molar-refractivity contribution >= 4 is 17.5 Å². The van der Waals surface area contributed by atoms with Crippen molar-refractivity contribution in [2.45, 2.75) is 40.2 Å². The fraction of sp³-hybridized carbons (Fsp3) is 0.476. The summed E-state index contributed by atoms with van der Waals surface area (Å²) in [5.41, 5.74) is 1.24. The molecule has 144 valence electrons. The Hall–Kier alpha value is -2.14. The van der Waals surface area contributed by atoms with Crippen molar-refractivity contribution in [3.8, 4) is 11.4 Å². The lowest BCUT2D eigenvalue weighted by atomic mass is 9.92. The van der Waals surface area contributed by atoms with Gasteiger partial charge in [-0.25, -0.2) is 4.98 Å². The number of benzene rings is 1. The van der Waals surface area contributed by atoms with E-state index in [0.29, 0.717) is 34.8 Å². The van der Waals surface area contributed by atoms with Gasteiger partial charge in [-0.05, 0) is 36.8 Å². The number of amides is 1. The molecule has 0 saturated carbocycles. The molecular formula is C21H26ClN3O2. The molecule has 0 bridgehead atoms. The molecule has 0 unspecified atom stereocenters. The van der Waals surface area contributed by atoms with Gasteiger partial charge in [-0.1, -0.05) is 44.5 Å². The minimum Gasteiger partial charge on any atom is -0.341 e. The molecule has 1 amide bonds. The van der Waals surface area contributed by atoms with Gasteiger partial charge >= 0.3 is 0 Å². The van der Waals surface area contributed by atoms with E-state index in [1.807, 2.05) is 24.0 Å². The monoisotopic (exact) mass is 387 g/mol. The Labute approximate surface area is 165 Å². The van der Waals surface area contributed by atoms with Gasteiger partial charge in [0.2, 0.25) is 5.91 Å². The van der Waals surface area contributed by atoms with E-state index >= 15 is 0 Å². The Kier molecular flexibility index (Phi) is 6.00. The van der Waals surface area contributed by atoms with Crippen LogP contribution < -0.4 is 5.56 Å². The molecule has 1 aliphatic rings. The fourth-order valence-corrected chi connectivity index (χ4v) is 4.03. The largest absolute Gasteiger partial charge is 0.341 e. The summed E-state index contributed by atoms with van der Waals surface area (Å²) < 4.78 is 1.47. The Bertz CT molecular complexity index is 883. The van der Waals surface area contributed by atoms with Crippen LogP contribution in [-0.4, -0.2) is 33.4 Å². The van der Waals surface area contributed by atoms with E-state index in [-0.39, 0.29) is 18.0 Å². The lowest BCUT2D eigenvalue weighted by Gasteiger charge is -2.35.